The van der Waals surface area contributed by atoms with Gasteiger partial charge in [-0.15, -0.1) is 0 Å². The molecule has 0 saturated heterocycles. The fourth-order valence-electron chi connectivity index (χ4n) is 2.14. The van der Waals surface area contributed by atoms with Gasteiger partial charge in [0, 0.05) is 42.7 Å². The van der Waals surface area contributed by atoms with Gasteiger partial charge >= 0.3 is 5.97 Å². The summed E-state index contributed by atoms with van der Waals surface area (Å²) in [5.41, 5.74) is 1.43. The van der Waals surface area contributed by atoms with Crippen molar-refractivity contribution in [2.75, 3.05) is 31.6 Å². The van der Waals surface area contributed by atoms with Gasteiger partial charge in [0.1, 0.15) is 0 Å². The van der Waals surface area contributed by atoms with Crippen molar-refractivity contribution in [2.24, 2.45) is 0 Å². The molecule has 25 heavy (non-hydrogen) atoms. The highest BCUT2D eigenvalue weighted by atomic mass is 79.9. The van der Waals surface area contributed by atoms with Crippen LogP contribution in [0.4, 0.5) is 5.69 Å². The largest absolute Gasteiger partial charge is 0.452 e. The molecule has 132 valence electrons. The van der Waals surface area contributed by atoms with Crippen LogP contribution in [0.1, 0.15) is 16.8 Å². The van der Waals surface area contributed by atoms with E-state index >= 15 is 0 Å². The summed E-state index contributed by atoms with van der Waals surface area (Å²) >= 11 is 3.23. The minimum absolute atomic E-state index is 0.298. The van der Waals surface area contributed by atoms with E-state index in [1.807, 2.05) is 37.4 Å². The minimum atomic E-state index is -0.576. The van der Waals surface area contributed by atoms with E-state index in [-0.39, 0.29) is 12.5 Å². The predicted molar refractivity (Wildman–Crippen MR) is 99.6 cm³/mol. The number of aromatic nitrogens is 1. The summed E-state index contributed by atoms with van der Waals surface area (Å²) in [6.45, 7) is 1.03. The fourth-order valence-corrected chi connectivity index (χ4v) is 2.51. The van der Waals surface area contributed by atoms with E-state index < -0.39 is 5.97 Å². The Morgan fingerprint density at radius 3 is 2.72 bits per heavy atom. The quantitative estimate of drug-likeness (QED) is 0.539. The molecule has 0 fully saturated rings. The molecular formula is C18H20BrN3O3. The summed E-state index contributed by atoms with van der Waals surface area (Å²) in [6.07, 6.45) is 3.75. The number of esters is 1. The highest BCUT2D eigenvalue weighted by Gasteiger charge is 2.10. The number of halogens is 1. The van der Waals surface area contributed by atoms with Crippen LogP contribution in [0.25, 0.3) is 0 Å². The maximum absolute atomic E-state index is 11.8. The lowest BCUT2D eigenvalue weighted by atomic mass is 10.3. The van der Waals surface area contributed by atoms with Gasteiger partial charge in [-0.2, -0.15) is 0 Å². The number of pyridine rings is 1. The Bertz CT molecular complexity index is 710. The molecule has 2 rings (SSSR count). The van der Waals surface area contributed by atoms with E-state index in [0.29, 0.717) is 16.6 Å². The van der Waals surface area contributed by atoms with Crippen molar-refractivity contribution in [2.45, 2.75) is 6.42 Å². The number of hydrogen-bond donors (Lipinski definition) is 1. The predicted octanol–water partition coefficient (Wildman–Crippen LogP) is 2.64. The Balaban J connectivity index is 1.63. The number of benzene rings is 1. The molecule has 0 saturated carbocycles. The number of amides is 1. The Morgan fingerprint density at radius 2 is 2.00 bits per heavy atom. The van der Waals surface area contributed by atoms with Crippen LogP contribution in [-0.4, -0.2) is 43.6 Å². The average Bonchev–Trinajstić information content (AvgIpc) is 2.63. The number of hydrogen-bond acceptors (Lipinski definition) is 5. The number of para-hydroxylation sites is 1. The number of nitrogens with zero attached hydrogens (tertiary/aromatic N) is 2. The standard InChI is InChI=1S/C18H20BrN3O3/c1-22(16-6-3-2-4-7-16)9-5-8-21-17(23)13-25-18(24)14-10-15(19)12-20-11-14/h2-4,6-7,10-12H,5,8-9,13H2,1H3,(H,21,23). The number of carbonyl (C=O) groups is 2. The molecule has 7 heteroatoms. The Labute approximate surface area is 155 Å². The summed E-state index contributed by atoms with van der Waals surface area (Å²) in [4.78, 5) is 29.5. The molecule has 0 aliphatic heterocycles. The lowest BCUT2D eigenvalue weighted by molar-refractivity contribution is -0.124. The number of nitrogens with one attached hydrogen (secondary N) is 1. The maximum atomic E-state index is 11.8. The van der Waals surface area contributed by atoms with Gasteiger partial charge in [-0.25, -0.2) is 4.79 Å². The highest BCUT2D eigenvalue weighted by Crippen LogP contribution is 2.11. The van der Waals surface area contributed by atoms with E-state index in [0.717, 1.165) is 18.7 Å². The monoisotopic (exact) mass is 405 g/mol. The Kier molecular flexibility index (Phi) is 7.40. The number of ether oxygens (including phenoxy) is 1. The van der Waals surface area contributed by atoms with Crippen molar-refractivity contribution < 1.29 is 14.3 Å². The number of rotatable bonds is 8. The zero-order chi connectivity index (χ0) is 18.1. The fraction of sp³-hybridized carbons (Fsp3) is 0.278. The first-order chi connectivity index (χ1) is 12.1. The van der Waals surface area contributed by atoms with Crippen LogP contribution in [0.3, 0.4) is 0 Å². The Hall–Kier alpha value is -2.41. The summed E-state index contributed by atoms with van der Waals surface area (Å²) < 4.78 is 5.65. The van der Waals surface area contributed by atoms with Crippen molar-refractivity contribution in [1.29, 1.82) is 0 Å². The SMILES string of the molecule is CN(CCCNC(=O)COC(=O)c1cncc(Br)c1)c1ccccc1. The second-order valence-electron chi connectivity index (χ2n) is 5.43. The first kappa shape index (κ1) is 18.9. The number of carbonyl (C=O) groups excluding carboxylic acids is 2. The van der Waals surface area contributed by atoms with Crippen molar-refractivity contribution >= 4 is 33.5 Å². The van der Waals surface area contributed by atoms with E-state index in [1.165, 1.54) is 6.20 Å². The van der Waals surface area contributed by atoms with Crippen LogP contribution >= 0.6 is 15.9 Å². The minimum Gasteiger partial charge on any atom is -0.452 e. The van der Waals surface area contributed by atoms with E-state index in [2.05, 4.69) is 31.1 Å². The van der Waals surface area contributed by atoms with Gasteiger partial charge in [0.25, 0.3) is 5.91 Å². The van der Waals surface area contributed by atoms with Gasteiger partial charge in [0.2, 0.25) is 0 Å². The summed E-state index contributed by atoms with van der Waals surface area (Å²) in [5, 5.41) is 2.74. The Morgan fingerprint density at radius 1 is 1.24 bits per heavy atom. The van der Waals surface area contributed by atoms with Crippen molar-refractivity contribution in [3.8, 4) is 0 Å². The summed E-state index contributed by atoms with van der Waals surface area (Å²) in [5.74, 6) is -0.897. The third kappa shape index (κ3) is 6.54. The van der Waals surface area contributed by atoms with Gasteiger partial charge in [-0.1, -0.05) is 18.2 Å². The highest BCUT2D eigenvalue weighted by molar-refractivity contribution is 9.10. The maximum Gasteiger partial charge on any atom is 0.340 e. The third-order valence-corrected chi connectivity index (χ3v) is 3.90. The van der Waals surface area contributed by atoms with Gasteiger partial charge in [-0.05, 0) is 40.5 Å². The molecule has 0 bridgehead atoms. The molecule has 1 heterocycles. The molecule has 6 nitrogen and oxygen atoms in total. The van der Waals surface area contributed by atoms with Crippen LogP contribution in [0.2, 0.25) is 0 Å². The molecule has 0 unspecified atom stereocenters. The molecule has 0 radical (unpaired) electrons. The van der Waals surface area contributed by atoms with Crippen molar-refractivity contribution in [3.05, 3.63) is 58.8 Å². The molecule has 1 aromatic heterocycles. The van der Waals surface area contributed by atoms with Crippen LogP contribution in [0.15, 0.2) is 53.3 Å². The van der Waals surface area contributed by atoms with Gasteiger partial charge in [-0.3, -0.25) is 9.78 Å². The van der Waals surface area contributed by atoms with Gasteiger partial charge < -0.3 is 15.0 Å². The van der Waals surface area contributed by atoms with Crippen LogP contribution in [0, 0.1) is 0 Å². The summed E-state index contributed by atoms with van der Waals surface area (Å²) in [7, 11) is 2.00. The lowest BCUT2D eigenvalue weighted by Gasteiger charge is -2.19. The molecule has 0 spiro atoms. The second-order valence-corrected chi connectivity index (χ2v) is 6.34. The molecule has 1 amide bonds. The van der Waals surface area contributed by atoms with Gasteiger partial charge in [0.05, 0.1) is 5.56 Å². The van der Waals surface area contributed by atoms with E-state index in [9.17, 15) is 9.59 Å². The number of anilines is 1. The lowest BCUT2D eigenvalue weighted by Crippen LogP contribution is -2.31. The molecule has 0 aliphatic carbocycles. The zero-order valence-corrected chi connectivity index (χ0v) is 15.5. The van der Waals surface area contributed by atoms with Crippen LogP contribution < -0.4 is 10.2 Å². The summed E-state index contributed by atoms with van der Waals surface area (Å²) in [6, 6.07) is 11.6. The van der Waals surface area contributed by atoms with E-state index in [4.69, 9.17) is 4.74 Å². The molecular weight excluding hydrogens is 386 g/mol. The van der Waals surface area contributed by atoms with Crippen molar-refractivity contribution in [3.63, 3.8) is 0 Å². The smallest absolute Gasteiger partial charge is 0.340 e. The molecule has 2 aromatic rings. The van der Waals surface area contributed by atoms with E-state index in [1.54, 1.807) is 12.3 Å². The molecule has 1 N–H and O–H groups in total. The first-order valence-corrected chi connectivity index (χ1v) is 8.66. The normalized spacial score (nSPS) is 10.2. The third-order valence-electron chi connectivity index (χ3n) is 3.46. The molecule has 0 atom stereocenters. The topological polar surface area (TPSA) is 71.5 Å². The van der Waals surface area contributed by atoms with Gasteiger partial charge in [0.15, 0.2) is 6.61 Å². The molecule has 1 aromatic carbocycles. The van der Waals surface area contributed by atoms with Crippen molar-refractivity contribution in [1.82, 2.24) is 10.3 Å². The van der Waals surface area contributed by atoms with Crippen LogP contribution in [0.5, 0.6) is 0 Å². The molecule has 0 aliphatic rings. The average molecular weight is 406 g/mol. The first-order valence-electron chi connectivity index (χ1n) is 7.87. The zero-order valence-electron chi connectivity index (χ0n) is 13.9. The van der Waals surface area contributed by atoms with Crippen LogP contribution in [-0.2, 0) is 9.53 Å². The second kappa shape index (κ2) is 9.78.